The predicted octanol–water partition coefficient (Wildman–Crippen LogP) is 4.10. The molecule has 0 radical (unpaired) electrons. The summed E-state index contributed by atoms with van der Waals surface area (Å²) in [6, 6.07) is 7.81. The van der Waals surface area contributed by atoms with E-state index < -0.39 is 4.92 Å². The molecule has 0 N–H and O–H groups in total. The predicted molar refractivity (Wildman–Crippen MR) is 79.4 cm³/mol. The molecule has 0 bridgehead atoms. The molecule has 0 saturated heterocycles. The second-order valence-corrected chi connectivity index (χ2v) is 4.92. The summed E-state index contributed by atoms with van der Waals surface area (Å²) in [7, 11) is 0. The van der Waals surface area contributed by atoms with Crippen molar-refractivity contribution in [1.29, 1.82) is 0 Å². The van der Waals surface area contributed by atoms with Crippen LogP contribution in [0.2, 0.25) is 0 Å². The number of non-ortho nitro benzene ring substituents is 1. The lowest BCUT2D eigenvalue weighted by Crippen LogP contribution is -1.99. The molecule has 0 heterocycles. The monoisotopic (exact) mass is 286 g/mol. The van der Waals surface area contributed by atoms with E-state index in [-0.39, 0.29) is 16.3 Å². The van der Waals surface area contributed by atoms with Gasteiger partial charge in [-0.2, -0.15) is 0 Å². The van der Waals surface area contributed by atoms with Crippen molar-refractivity contribution < 1.29 is 9.85 Å². The Morgan fingerprint density at radius 1 is 0.857 bits per heavy atom. The lowest BCUT2D eigenvalue weighted by Gasteiger charge is -2.12. The maximum absolute atomic E-state index is 11.2. The Labute approximate surface area is 121 Å². The molecule has 2 rings (SSSR count). The number of rotatable bonds is 3. The topological polar surface area (TPSA) is 86.3 Å². The van der Waals surface area contributed by atoms with Gasteiger partial charge in [-0.3, -0.25) is 20.2 Å². The fraction of sp³-hybridized carbons (Fsp3) is 0.200. The third-order valence-electron chi connectivity index (χ3n) is 3.48. The molecule has 21 heavy (non-hydrogen) atoms. The van der Waals surface area contributed by atoms with Gasteiger partial charge in [-0.1, -0.05) is 0 Å². The van der Waals surface area contributed by atoms with E-state index in [0.29, 0.717) is 11.1 Å². The van der Waals surface area contributed by atoms with Crippen LogP contribution in [-0.4, -0.2) is 9.85 Å². The molecular weight excluding hydrogens is 272 g/mol. The van der Waals surface area contributed by atoms with Crippen LogP contribution in [0.25, 0.3) is 11.1 Å². The summed E-state index contributed by atoms with van der Waals surface area (Å²) in [5.41, 5.74) is 3.67. The van der Waals surface area contributed by atoms with Gasteiger partial charge in [0.1, 0.15) is 0 Å². The average Bonchev–Trinajstić information content (AvgIpc) is 2.38. The van der Waals surface area contributed by atoms with Crippen molar-refractivity contribution in [2.24, 2.45) is 0 Å². The maximum Gasteiger partial charge on any atom is 0.275 e. The van der Waals surface area contributed by atoms with E-state index in [1.54, 1.807) is 32.0 Å². The van der Waals surface area contributed by atoms with Crippen LogP contribution in [0.4, 0.5) is 11.4 Å². The minimum Gasteiger partial charge on any atom is -0.258 e. The van der Waals surface area contributed by atoms with Gasteiger partial charge in [-0.15, -0.1) is 0 Å². The number of nitro groups is 2. The zero-order chi connectivity index (χ0) is 15.7. The second kappa shape index (κ2) is 5.32. The van der Waals surface area contributed by atoms with E-state index in [1.807, 2.05) is 6.92 Å². The Balaban J connectivity index is 2.66. The minimum absolute atomic E-state index is 0.00401. The Morgan fingerprint density at radius 3 is 1.90 bits per heavy atom. The second-order valence-electron chi connectivity index (χ2n) is 4.92. The highest BCUT2D eigenvalue weighted by atomic mass is 16.6. The van der Waals surface area contributed by atoms with Crippen molar-refractivity contribution >= 4 is 11.4 Å². The highest BCUT2D eigenvalue weighted by Crippen LogP contribution is 2.36. The number of benzene rings is 2. The van der Waals surface area contributed by atoms with E-state index in [9.17, 15) is 20.2 Å². The van der Waals surface area contributed by atoms with Gasteiger partial charge < -0.3 is 0 Å². The molecular formula is C15H14N2O4. The molecule has 2 aromatic rings. The first-order valence-corrected chi connectivity index (χ1v) is 6.33. The first kappa shape index (κ1) is 14.6. The molecule has 0 spiro atoms. The number of hydrogen-bond donors (Lipinski definition) is 0. The van der Waals surface area contributed by atoms with E-state index >= 15 is 0 Å². The number of nitro benzene ring substituents is 2. The lowest BCUT2D eigenvalue weighted by atomic mass is 9.92. The summed E-state index contributed by atoms with van der Waals surface area (Å²) in [5, 5.41) is 21.9. The van der Waals surface area contributed by atoms with Gasteiger partial charge in [0.05, 0.1) is 9.85 Å². The molecule has 0 saturated carbocycles. The van der Waals surface area contributed by atoms with E-state index in [2.05, 4.69) is 0 Å². The van der Waals surface area contributed by atoms with E-state index in [1.165, 1.54) is 12.1 Å². The summed E-state index contributed by atoms with van der Waals surface area (Å²) in [6.07, 6.45) is 0. The largest absolute Gasteiger partial charge is 0.275 e. The molecule has 0 aliphatic rings. The van der Waals surface area contributed by atoms with Crippen LogP contribution in [0, 0.1) is 41.0 Å². The van der Waals surface area contributed by atoms with Crippen LogP contribution >= 0.6 is 0 Å². The summed E-state index contributed by atoms with van der Waals surface area (Å²) in [6.45, 7) is 5.28. The summed E-state index contributed by atoms with van der Waals surface area (Å²) >= 11 is 0. The van der Waals surface area contributed by atoms with Gasteiger partial charge in [0.2, 0.25) is 0 Å². The molecule has 0 aliphatic carbocycles. The zero-order valence-corrected chi connectivity index (χ0v) is 11.9. The van der Waals surface area contributed by atoms with Crippen molar-refractivity contribution in [2.75, 3.05) is 0 Å². The van der Waals surface area contributed by atoms with Crippen molar-refractivity contribution in [3.05, 3.63) is 67.3 Å². The van der Waals surface area contributed by atoms with E-state index in [0.717, 1.165) is 16.7 Å². The first-order chi connectivity index (χ1) is 9.82. The average molecular weight is 286 g/mol. The molecule has 0 atom stereocenters. The van der Waals surface area contributed by atoms with Gasteiger partial charge >= 0.3 is 0 Å². The number of nitrogens with zero attached hydrogens (tertiary/aromatic N) is 2. The third kappa shape index (κ3) is 2.60. The molecule has 0 aliphatic heterocycles. The Morgan fingerprint density at radius 2 is 1.43 bits per heavy atom. The number of aryl methyl sites for hydroxylation is 2. The Bertz CT molecular complexity index is 736. The van der Waals surface area contributed by atoms with Crippen molar-refractivity contribution in [3.8, 4) is 11.1 Å². The summed E-state index contributed by atoms with van der Waals surface area (Å²) in [4.78, 5) is 21.0. The maximum atomic E-state index is 11.2. The molecule has 2 aromatic carbocycles. The fourth-order valence-electron chi connectivity index (χ4n) is 2.65. The van der Waals surface area contributed by atoms with Crippen LogP contribution < -0.4 is 0 Å². The summed E-state index contributed by atoms with van der Waals surface area (Å²) < 4.78 is 0. The first-order valence-electron chi connectivity index (χ1n) is 6.33. The van der Waals surface area contributed by atoms with Crippen molar-refractivity contribution in [3.63, 3.8) is 0 Å². The van der Waals surface area contributed by atoms with Crippen LogP contribution in [-0.2, 0) is 0 Å². The van der Waals surface area contributed by atoms with Crippen molar-refractivity contribution in [1.82, 2.24) is 0 Å². The molecule has 0 unspecified atom stereocenters. The van der Waals surface area contributed by atoms with Crippen LogP contribution in [0.5, 0.6) is 0 Å². The quantitative estimate of drug-likeness (QED) is 0.628. The smallest absolute Gasteiger partial charge is 0.258 e. The zero-order valence-electron chi connectivity index (χ0n) is 11.9. The molecule has 108 valence electrons. The normalized spacial score (nSPS) is 10.4. The minimum atomic E-state index is -0.471. The molecule has 6 nitrogen and oxygen atoms in total. The highest BCUT2D eigenvalue weighted by molar-refractivity contribution is 5.76. The Hall–Kier alpha value is -2.76. The molecule has 0 aromatic heterocycles. The van der Waals surface area contributed by atoms with Crippen LogP contribution in [0.3, 0.4) is 0 Å². The molecule has 0 fully saturated rings. The van der Waals surface area contributed by atoms with Gasteiger partial charge in [-0.25, -0.2) is 0 Å². The third-order valence-corrected chi connectivity index (χ3v) is 3.48. The lowest BCUT2D eigenvalue weighted by molar-refractivity contribution is -0.386. The van der Waals surface area contributed by atoms with Gasteiger partial charge in [0.25, 0.3) is 11.4 Å². The van der Waals surface area contributed by atoms with E-state index in [4.69, 9.17) is 0 Å². The number of hydrogen-bond acceptors (Lipinski definition) is 4. The van der Waals surface area contributed by atoms with Crippen LogP contribution in [0.1, 0.15) is 16.7 Å². The SMILES string of the molecule is Cc1cc(C)c([N+](=O)[O-])c(C)c1-c1ccc([N+](=O)[O-])cc1. The Kier molecular flexibility index (Phi) is 3.71. The van der Waals surface area contributed by atoms with Gasteiger partial charge in [0.15, 0.2) is 0 Å². The van der Waals surface area contributed by atoms with Gasteiger partial charge in [0, 0.05) is 23.3 Å². The van der Waals surface area contributed by atoms with Gasteiger partial charge in [-0.05, 0) is 55.7 Å². The van der Waals surface area contributed by atoms with Crippen molar-refractivity contribution in [2.45, 2.75) is 20.8 Å². The van der Waals surface area contributed by atoms with Crippen LogP contribution in [0.15, 0.2) is 30.3 Å². The fourth-order valence-corrected chi connectivity index (χ4v) is 2.65. The highest BCUT2D eigenvalue weighted by Gasteiger charge is 2.20. The summed E-state index contributed by atoms with van der Waals surface area (Å²) in [5.74, 6) is 0. The molecule has 0 amide bonds. The molecule has 6 heteroatoms. The standard InChI is InChI=1S/C15H14N2O4/c1-9-8-10(2)15(17(20)21)11(3)14(9)12-4-6-13(7-5-12)16(18)19/h4-8H,1-3H3.